The van der Waals surface area contributed by atoms with Crippen LogP contribution in [0.15, 0.2) is 22.7 Å². The Bertz CT molecular complexity index is 1850. The highest BCUT2D eigenvalue weighted by atomic mass is 32.2. The van der Waals surface area contributed by atoms with Crippen LogP contribution in [0, 0.1) is 5.82 Å². The summed E-state index contributed by atoms with van der Waals surface area (Å²) in [5.74, 6) is -10.8. The van der Waals surface area contributed by atoms with Gasteiger partial charge in [0.25, 0.3) is 11.7 Å². The van der Waals surface area contributed by atoms with Crippen LogP contribution >= 0.6 is 23.1 Å². The molecule has 0 bridgehead atoms. The van der Waals surface area contributed by atoms with E-state index in [1.165, 1.54) is 19.2 Å². The number of nitrogens with two attached hydrogens (primary N) is 1. The number of hydrazine groups is 1. The Balaban J connectivity index is 1.30. The van der Waals surface area contributed by atoms with Crippen molar-refractivity contribution in [3.05, 3.63) is 34.6 Å². The monoisotopic (exact) mass is 724 g/mol. The largest absolute Gasteiger partial charge is 0.504 e. The third-order valence-corrected chi connectivity index (χ3v) is 9.88. The molecule has 49 heavy (non-hydrogen) atoms. The van der Waals surface area contributed by atoms with Crippen LogP contribution in [0.1, 0.15) is 29.9 Å². The van der Waals surface area contributed by atoms with Gasteiger partial charge >= 0.3 is 23.9 Å². The number of carboxylic acid groups (broad SMARTS) is 2. The van der Waals surface area contributed by atoms with Gasteiger partial charge in [-0.3, -0.25) is 29.5 Å². The number of phenols is 2. The zero-order chi connectivity index (χ0) is 36.2. The van der Waals surface area contributed by atoms with Gasteiger partial charge in [-0.2, -0.15) is 0 Å². The summed E-state index contributed by atoms with van der Waals surface area (Å²) in [5.41, 5.74) is 4.21. The van der Waals surface area contributed by atoms with Crippen molar-refractivity contribution >= 4 is 75.4 Å². The van der Waals surface area contributed by atoms with Crippen molar-refractivity contribution in [1.29, 1.82) is 0 Å². The van der Waals surface area contributed by atoms with Crippen LogP contribution in [-0.4, -0.2) is 129 Å². The van der Waals surface area contributed by atoms with Gasteiger partial charge in [0.2, 0.25) is 16.4 Å². The first-order valence-corrected chi connectivity index (χ1v) is 15.5. The van der Waals surface area contributed by atoms with E-state index in [1.54, 1.807) is 0 Å². The highest BCUT2D eigenvalue weighted by Crippen LogP contribution is 2.49. The number of benzene rings is 1. The third kappa shape index (κ3) is 6.08. The number of hydrogen-bond acceptors (Lipinski definition) is 15. The maximum absolute atomic E-state index is 14.2. The number of fused-ring (bicyclic) bond motifs is 1. The fraction of sp³-hybridized carbons (Fsp3) is 0.346. The zero-order valence-corrected chi connectivity index (χ0v) is 26.7. The quantitative estimate of drug-likeness (QED) is 0.0354. The maximum Gasteiger partial charge on any atom is 0.350 e. The number of anilines is 1. The third-order valence-electron chi connectivity index (χ3n) is 7.52. The molecule has 0 unspecified atom stereocenters. The molecule has 5 rings (SSSR count). The molecular formula is C26H25FN8O12S2. The number of amides is 5. The molecule has 3 aliphatic rings. The van der Waals surface area contributed by atoms with Crippen molar-refractivity contribution in [3.8, 4) is 11.5 Å². The summed E-state index contributed by atoms with van der Waals surface area (Å²) in [7, 11) is 0. The average molecular weight is 725 g/mol. The van der Waals surface area contributed by atoms with E-state index in [0.29, 0.717) is 28.9 Å². The van der Waals surface area contributed by atoms with Crippen LogP contribution in [0.2, 0.25) is 0 Å². The molecule has 3 saturated heterocycles. The number of β-lactam (4-membered cyclic amide) rings is 1. The van der Waals surface area contributed by atoms with Crippen LogP contribution in [0.3, 0.4) is 0 Å². The standard InChI is InChI=1S/C26H25FN8O12S2/c1-25(2,21(42)43)47-32-14(11-7-48-23(28)29-11)17(39)30-15-19(41)33-8-26(22(44)45,49-20(15)33)34-3-4-35(24(34)46)31-18(40)16(38)9-5-12(36)13(37)6-10(9)27/h5-7,15,20,36-37H,3-4,8H2,1-2H3,(H2,28,29)(H,30,39)(H,31,40)(H,42,43)(H,44,45)/b32-14-/t15-,20-,26-/m1/s1. The first kappa shape index (κ1) is 34.6. The number of urea groups is 1. The molecule has 0 spiro atoms. The van der Waals surface area contributed by atoms with E-state index in [-0.39, 0.29) is 23.9 Å². The van der Waals surface area contributed by atoms with Crippen LogP contribution in [0.5, 0.6) is 11.5 Å². The first-order chi connectivity index (χ1) is 22.9. The van der Waals surface area contributed by atoms with Gasteiger partial charge in [-0.15, -0.1) is 11.3 Å². The number of halogens is 1. The number of aromatic hydroxyl groups is 2. The van der Waals surface area contributed by atoms with Crippen LogP contribution in [0.25, 0.3) is 0 Å². The van der Waals surface area contributed by atoms with E-state index in [0.717, 1.165) is 21.1 Å². The molecule has 8 N–H and O–H groups in total. The molecule has 5 amide bonds. The normalized spacial score (nSPS) is 22.0. The maximum atomic E-state index is 14.2. The van der Waals surface area contributed by atoms with Gasteiger partial charge in [-0.25, -0.2) is 28.8 Å². The van der Waals surface area contributed by atoms with Gasteiger partial charge in [0.05, 0.1) is 18.7 Å². The number of rotatable bonds is 11. The molecule has 2 aromatic rings. The number of carboxylic acids is 2. The Morgan fingerprint density at radius 2 is 1.80 bits per heavy atom. The zero-order valence-electron chi connectivity index (χ0n) is 25.1. The Labute approximate surface area is 281 Å². The number of aromatic nitrogens is 1. The molecule has 20 nitrogen and oxygen atoms in total. The first-order valence-electron chi connectivity index (χ1n) is 13.8. The second-order valence-electron chi connectivity index (χ2n) is 11.1. The molecule has 1 aromatic carbocycles. The van der Waals surface area contributed by atoms with E-state index in [1.807, 2.05) is 5.43 Å². The second kappa shape index (κ2) is 12.4. The topological polar surface area (TPSA) is 295 Å². The van der Waals surface area contributed by atoms with Crippen LogP contribution in [0.4, 0.5) is 14.3 Å². The van der Waals surface area contributed by atoms with Crippen molar-refractivity contribution in [1.82, 2.24) is 30.5 Å². The average Bonchev–Trinajstić information content (AvgIpc) is 3.73. The number of hydrogen-bond donors (Lipinski definition) is 7. The van der Waals surface area contributed by atoms with Gasteiger partial charge in [0.15, 0.2) is 22.3 Å². The molecule has 3 fully saturated rings. The number of Topliss-reactive ketones (excluding diaryl/α,β-unsaturated/α-hetero) is 1. The lowest BCUT2D eigenvalue weighted by Crippen LogP contribution is -2.68. The number of carbonyl (C=O) groups excluding carboxylic acids is 5. The number of oxime groups is 1. The van der Waals surface area contributed by atoms with Gasteiger partial charge < -0.3 is 41.2 Å². The minimum absolute atomic E-state index is 0.0353. The Morgan fingerprint density at radius 3 is 2.41 bits per heavy atom. The molecule has 0 saturated carbocycles. The van der Waals surface area contributed by atoms with Crippen molar-refractivity contribution in [2.24, 2.45) is 5.16 Å². The van der Waals surface area contributed by atoms with Crippen LogP contribution < -0.4 is 16.5 Å². The summed E-state index contributed by atoms with van der Waals surface area (Å²) in [6.07, 6.45) is 0. The van der Waals surface area contributed by atoms with Gasteiger partial charge in [0.1, 0.15) is 22.9 Å². The Morgan fingerprint density at radius 1 is 1.12 bits per heavy atom. The van der Waals surface area contributed by atoms with Gasteiger partial charge in [-0.1, -0.05) is 16.9 Å². The highest BCUT2D eigenvalue weighted by molar-refractivity contribution is 8.02. The fourth-order valence-corrected chi connectivity index (χ4v) is 7.00. The number of ketones is 1. The highest BCUT2D eigenvalue weighted by Gasteiger charge is 2.66. The van der Waals surface area contributed by atoms with Crippen molar-refractivity contribution < 1.29 is 63.2 Å². The van der Waals surface area contributed by atoms with Crippen LogP contribution in [-0.2, 0) is 28.8 Å². The molecule has 3 aliphatic heterocycles. The number of aliphatic carboxylic acids is 2. The lowest BCUT2D eigenvalue weighted by Gasteiger charge is -2.41. The summed E-state index contributed by atoms with van der Waals surface area (Å²) in [6.45, 7) is 1.16. The summed E-state index contributed by atoms with van der Waals surface area (Å²) in [5, 5.41) is 45.6. The van der Waals surface area contributed by atoms with Gasteiger partial charge in [-0.05, 0) is 19.9 Å². The van der Waals surface area contributed by atoms with Crippen molar-refractivity contribution in [2.45, 2.75) is 35.7 Å². The van der Waals surface area contributed by atoms with E-state index >= 15 is 0 Å². The SMILES string of the molecule is CC(C)(O/N=C(\C(=O)N[C@@H]1C(=O)N2C[C@@](C(=O)O)(N3CCN(NC(=O)C(=O)c4cc(O)c(O)cc4F)C3=O)S[C@H]12)c1csc(N)n1)C(=O)O. The van der Waals surface area contributed by atoms with Gasteiger partial charge in [0, 0.05) is 18.0 Å². The summed E-state index contributed by atoms with van der Waals surface area (Å²) in [4.78, 5) is 97.8. The minimum Gasteiger partial charge on any atom is -0.504 e. The summed E-state index contributed by atoms with van der Waals surface area (Å²) in [6, 6.07) is -1.51. The Hall–Kier alpha value is -5.71. The molecule has 260 valence electrons. The number of nitrogen functional groups attached to an aromatic ring is 1. The summed E-state index contributed by atoms with van der Waals surface area (Å²) >= 11 is 1.57. The van der Waals surface area contributed by atoms with E-state index in [4.69, 9.17) is 10.6 Å². The second-order valence-corrected chi connectivity index (χ2v) is 13.4. The molecule has 0 radical (unpaired) electrons. The number of nitrogens with zero attached hydrogens (tertiary/aromatic N) is 5. The number of carbonyl (C=O) groups is 7. The number of thioether (sulfide) groups is 1. The lowest BCUT2D eigenvalue weighted by atomic mass is 10.1. The lowest BCUT2D eigenvalue weighted by molar-refractivity contribution is -0.161. The van der Waals surface area contributed by atoms with E-state index in [2.05, 4.69) is 15.5 Å². The van der Waals surface area contributed by atoms with Crippen molar-refractivity contribution in [2.75, 3.05) is 25.4 Å². The number of nitrogens with one attached hydrogen (secondary N) is 2. The molecule has 4 heterocycles. The summed E-state index contributed by atoms with van der Waals surface area (Å²) < 4.78 is 14.2. The predicted octanol–water partition coefficient (Wildman–Crippen LogP) is -1.31. The van der Waals surface area contributed by atoms with E-state index in [9.17, 15) is 58.4 Å². The van der Waals surface area contributed by atoms with Crippen molar-refractivity contribution in [3.63, 3.8) is 0 Å². The molecule has 0 aliphatic carbocycles. The Kier molecular flexibility index (Phi) is 8.75. The fourth-order valence-electron chi connectivity index (χ4n) is 4.81. The predicted molar refractivity (Wildman–Crippen MR) is 162 cm³/mol. The number of thiazole rings is 1. The smallest absolute Gasteiger partial charge is 0.350 e. The number of phenolic OH excluding ortho intramolecular Hbond substituents is 2. The molecule has 23 heteroatoms. The molecule has 3 atom stereocenters. The minimum atomic E-state index is -2.12. The van der Waals surface area contributed by atoms with E-state index < -0.39 is 98.5 Å². The molecule has 1 aromatic heterocycles. The molecular weight excluding hydrogens is 699 g/mol.